The van der Waals surface area contributed by atoms with Crippen LogP contribution >= 0.6 is 0 Å². The molecule has 4 rings (SSSR count). The minimum atomic E-state index is 0.0805. The maximum atomic E-state index is 13.3. The Balaban J connectivity index is 1.41. The average molecular weight is 392 g/mol. The van der Waals surface area contributed by atoms with Gasteiger partial charge >= 0.3 is 0 Å². The van der Waals surface area contributed by atoms with Gasteiger partial charge < -0.3 is 9.64 Å². The zero-order valence-electron chi connectivity index (χ0n) is 17.5. The second kappa shape index (κ2) is 8.37. The highest BCUT2D eigenvalue weighted by atomic mass is 16.5. The van der Waals surface area contributed by atoms with E-state index < -0.39 is 0 Å². The van der Waals surface area contributed by atoms with Crippen molar-refractivity contribution in [2.45, 2.75) is 52.7 Å². The van der Waals surface area contributed by atoms with Gasteiger partial charge in [0.15, 0.2) is 0 Å². The predicted octanol–water partition coefficient (Wildman–Crippen LogP) is 4.33. The lowest BCUT2D eigenvalue weighted by molar-refractivity contribution is -0.000555. The van der Waals surface area contributed by atoms with Crippen molar-refractivity contribution in [3.63, 3.8) is 0 Å². The molecule has 3 aromatic rings. The van der Waals surface area contributed by atoms with Gasteiger partial charge in [0, 0.05) is 19.3 Å². The van der Waals surface area contributed by atoms with E-state index in [0.29, 0.717) is 12.3 Å². The number of carbonyl (C=O) groups is 1. The van der Waals surface area contributed by atoms with Crippen molar-refractivity contribution in [2.24, 2.45) is 0 Å². The van der Waals surface area contributed by atoms with Crippen LogP contribution in [0.4, 0.5) is 0 Å². The number of fused-ring (bicyclic) bond motifs is 1. The Morgan fingerprint density at radius 2 is 1.76 bits per heavy atom. The number of likely N-dealkylation sites (tertiary alicyclic amines) is 1. The summed E-state index contributed by atoms with van der Waals surface area (Å²) in [7, 11) is 0. The van der Waals surface area contributed by atoms with E-state index in [-0.39, 0.29) is 12.0 Å². The molecule has 3 heterocycles. The van der Waals surface area contributed by atoms with Crippen LogP contribution in [0.15, 0.2) is 42.6 Å². The molecule has 0 radical (unpaired) electrons. The molecule has 0 N–H and O–H groups in total. The minimum Gasteiger partial charge on any atom is -0.373 e. The summed E-state index contributed by atoms with van der Waals surface area (Å²) in [5, 5.41) is 0. The molecule has 0 unspecified atom stereocenters. The lowest BCUT2D eigenvalue weighted by Gasteiger charge is -2.32. The van der Waals surface area contributed by atoms with E-state index in [4.69, 9.17) is 4.74 Å². The van der Waals surface area contributed by atoms with Gasteiger partial charge in [0.1, 0.15) is 11.3 Å². The molecule has 1 aromatic carbocycles. The van der Waals surface area contributed by atoms with Crippen LogP contribution in [0.2, 0.25) is 0 Å². The summed E-state index contributed by atoms with van der Waals surface area (Å²) in [6.07, 6.45) is 4.70. The molecule has 5 heteroatoms. The zero-order chi connectivity index (χ0) is 20.4. The number of imidazole rings is 1. The molecule has 0 spiro atoms. The Labute approximate surface area is 172 Å². The third-order valence-corrected chi connectivity index (χ3v) is 5.71. The third-order valence-electron chi connectivity index (χ3n) is 5.71. The van der Waals surface area contributed by atoms with E-state index in [0.717, 1.165) is 49.3 Å². The van der Waals surface area contributed by atoms with E-state index in [1.165, 1.54) is 11.1 Å². The SMILES string of the molecule is CCc1nc2ccc(C)cn2c1C(=O)N1CCC(OCc2ccc(C)cc2)CC1. The molecule has 1 aliphatic heterocycles. The van der Waals surface area contributed by atoms with Gasteiger partial charge in [0.05, 0.1) is 18.4 Å². The van der Waals surface area contributed by atoms with Crippen LogP contribution in [-0.4, -0.2) is 39.4 Å². The Kier molecular flexibility index (Phi) is 5.67. The molecule has 5 nitrogen and oxygen atoms in total. The number of ether oxygens (including phenoxy) is 1. The number of hydrogen-bond donors (Lipinski definition) is 0. The smallest absolute Gasteiger partial charge is 0.272 e. The molecule has 0 bridgehead atoms. The van der Waals surface area contributed by atoms with Crippen LogP contribution in [0, 0.1) is 13.8 Å². The first-order valence-electron chi connectivity index (χ1n) is 10.5. The summed E-state index contributed by atoms with van der Waals surface area (Å²) in [5.41, 5.74) is 6.00. The van der Waals surface area contributed by atoms with Crippen molar-refractivity contribution in [3.8, 4) is 0 Å². The van der Waals surface area contributed by atoms with E-state index in [1.54, 1.807) is 0 Å². The second-order valence-corrected chi connectivity index (χ2v) is 7.98. The molecule has 0 atom stereocenters. The van der Waals surface area contributed by atoms with Crippen molar-refractivity contribution in [2.75, 3.05) is 13.1 Å². The Bertz CT molecular complexity index is 999. The monoisotopic (exact) mass is 391 g/mol. The first kappa shape index (κ1) is 19.6. The van der Waals surface area contributed by atoms with Gasteiger partial charge in [-0.15, -0.1) is 0 Å². The number of rotatable bonds is 5. The van der Waals surface area contributed by atoms with E-state index >= 15 is 0 Å². The number of pyridine rings is 1. The molecule has 29 heavy (non-hydrogen) atoms. The van der Waals surface area contributed by atoms with Gasteiger partial charge in [-0.3, -0.25) is 9.20 Å². The van der Waals surface area contributed by atoms with Gasteiger partial charge in [0.25, 0.3) is 5.91 Å². The number of hydrogen-bond acceptors (Lipinski definition) is 3. The number of aryl methyl sites for hydroxylation is 3. The molecular weight excluding hydrogens is 362 g/mol. The third kappa shape index (κ3) is 4.20. The maximum absolute atomic E-state index is 13.3. The topological polar surface area (TPSA) is 46.8 Å². The van der Waals surface area contributed by atoms with Crippen molar-refractivity contribution in [3.05, 3.63) is 70.7 Å². The fourth-order valence-corrected chi connectivity index (χ4v) is 3.95. The summed E-state index contributed by atoms with van der Waals surface area (Å²) in [6, 6.07) is 12.5. The van der Waals surface area contributed by atoms with Crippen LogP contribution in [0.3, 0.4) is 0 Å². The van der Waals surface area contributed by atoms with Crippen LogP contribution in [-0.2, 0) is 17.8 Å². The fourth-order valence-electron chi connectivity index (χ4n) is 3.95. The molecule has 152 valence electrons. The summed E-state index contributed by atoms with van der Waals surface area (Å²) in [5.74, 6) is 0.0805. The molecule has 1 fully saturated rings. The minimum absolute atomic E-state index is 0.0805. The molecule has 1 aliphatic rings. The van der Waals surface area contributed by atoms with E-state index in [2.05, 4.69) is 43.1 Å². The number of aromatic nitrogens is 2. The van der Waals surface area contributed by atoms with Crippen molar-refractivity contribution < 1.29 is 9.53 Å². The predicted molar refractivity (Wildman–Crippen MR) is 114 cm³/mol. The Morgan fingerprint density at radius 3 is 2.45 bits per heavy atom. The number of amides is 1. The fraction of sp³-hybridized carbons (Fsp3) is 0.417. The highest BCUT2D eigenvalue weighted by Crippen LogP contribution is 2.21. The maximum Gasteiger partial charge on any atom is 0.272 e. The second-order valence-electron chi connectivity index (χ2n) is 7.98. The first-order chi connectivity index (χ1) is 14.0. The standard InChI is InChI=1S/C24H29N3O2/c1-4-21-23(27-15-18(3)7-10-22(27)25-21)24(28)26-13-11-20(12-14-26)29-16-19-8-5-17(2)6-9-19/h5-10,15,20H,4,11-14,16H2,1-3H3. The largest absolute Gasteiger partial charge is 0.373 e. The number of nitrogens with zero attached hydrogens (tertiary/aromatic N) is 3. The van der Waals surface area contributed by atoms with Gasteiger partial charge in [-0.05, 0) is 50.3 Å². The van der Waals surface area contributed by atoms with Gasteiger partial charge in [-0.1, -0.05) is 42.8 Å². The zero-order valence-corrected chi connectivity index (χ0v) is 17.5. The van der Waals surface area contributed by atoms with E-state index in [9.17, 15) is 4.79 Å². The number of carbonyl (C=O) groups excluding carboxylic acids is 1. The highest BCUT2D eigenvalue weighted by Gasteiger charge is 2.28. The lowest BCUT2D eigenvalue weighted by Crippen LogP contribution is -2.41. The van der Waals surface area contributed by atoms with Gasteiger partial charge in [0.2, 0.25) is 0 Å². The number of piperidine rings is 1. The first-order valence-corrected chi connectivity index (χ1v) is 10.5. The van der Waals surface area contributed by atoms with Crippen LogP contribution in [0.25, 0.3) is 5.65 Å². The molecule has 0 saturated carbocycles. The number of benzene rings is 1. The normalized spacial score (nSPS) is 15.2. The summed E-state index contributed by atoms with van der Waals surface area (Å²) >= 11 is 0. The summed E-state index contributed by atoms with van der Waals surface area (Å²) in [6.45, 7) is 8.25. The Morgan fingerprint density at radius 1 is 1.07 bits per heavy atom. The summed E-state index contributed by atoms with van der Waals surface area (Å²) in [4.78, 5) is 19.9. The highest BCUT2D eigenvalue weighted by molar-refractivity contribution is 5.95. The lowest BCUT2D eigenvalue weighted by atomic mass is 10.1. The Hall–Kier alpha value is -2.66. The van der Waals surface area contributed by atoms with Gasteiger partial charge in [-0.25, -0.2) is 4.98 Å². The van der Waals surface area contributed by atoms with Gasteiger partial charge in [-0.2, -0.15) is 0 Å². The van der Waals surface area contributed by atoms with E-state index in [1.807, 2.05) is 34.6 Å². The van der Waals surface area contributed by atoms with Crippen molar-refractivity contribution >= 4 is 11.6 Å². The van der Waals surface area contributed by atoms with Crippen molar-refractivity contribution in [1.29, 1.82) is 0 Å². The van der Waals surface area contributed by atoms with Crippen LogP contribution in [0.5, 0.6) is 0 Å². The molecule has 1 saturated heterocycles. The average Bonchev–Trinajstić information content (AvgIpc) is 3.11. The quantitative estimate of drug-likeness (QED) is 0.650. The molecule has 1 amide bonds. The molecule has 0 aliphatic carbocycles. The summed E-state index contributed by atoms with van der Waals surface area (Å²) < 4.78 is 8.06. The van der Waals surface area contributed by atoms with Crippen molar-refractivity contribution in [1.82, 2.24) is 14.3 Å². The van der Waals surface area contributed by atoms with Crippen LogP contribution in [0.1, 0.15) is 52.6 Å². The van der Waals surface area contributed by atoms with Crippen LogP contribution < -0.4 is 0 Å². The molecular formula is C24H29N3O2. The molecule has 2 aromatic heterocycles.